The molecule has 0 saturated heterocycles. The molecule has 0 aliphatic rings. The smallest absolute Gasteiger partial charge is 0.143 e. The second-order valence-electron chi connectivity index (χ2n) is 12.9. The predicted molar refractivity (Wildman–Crippen MR) is 212 cm³/mol. The van der Waals surface area contributed by atoms with Crippen molar-refractivity contribution in [2.75, 3.05) is 4.90 Å². The summed E-state index contributed by atoms with van der Waals surface area (Å²) in [6, 6.07) is 66.1. The monoisotopic (exact) mass is 653 g/mol. The summed E-state index contributed by atoms with van der Waals surface area (Å²) in [4.78, 5) is 2.34. The van der Waals surface area contributed by atoms with Gasteiger partial charge < -0.3 is 13.7 Å². The minimum Gasteiger partial charge on any atom is -0.456 e. The van der Waals surface area contributed by atoms with E-state index in [-0.39, 0.29) is 0 Å². The summed E-state index contributed by atoms with van der Waals surface area (Å²) >= 11 is 0. The number of fused-ring (bicyclic) bond motifs is 6. The molecule has 0 atom stereocenters. The van der Waals surface area contributed by atoms with Gasteiger partial charge in [-0.1, -0.05) is 140 Å². The van der Waals surface area contributed by atoms with Crippen molar-refractivity contribution in [3.63, 3.8) is 0 Å². The number of nitrogens with zero attached hydrogens (tertiary/aromatic N) is 1. The van der Waals surface area contributed by atoms with E-state index in [0.717, 1.165) is 72.1 Å². The topological polar surface area (TPSA) is 29.5 Å². The minimum absolute atomic E-state index is 0.861. The van der Waals surface area contributed by atoms with Crippen molar-refractivity contribution < 1.29 is 8.83 Å². The third kappa shape index (κ3) is 4.90. The highest BCUT2D eigenvalue weighted by Gasteiger charge is 2.20. The zero-order valence-corrected chi connectivity index (χ0v) is 27.7. The largest absolute Gasteiger partial charge is 0.456 e. The standard InChI is InChI=1S/C48H31NO2/c1-2-12-32(13-3-1)37-14-4-5-15-38(37)33-24-28-35(29-25-33)49(43-20-11-23-46-47(43)42-17-7-9-22-45(42)50-46)36-30-26-34(27-31-36)39-18-10-19-41-40-16-6-8-21-44(40)51-48(39)41/h1-31H. The van der Waals surface area contributed by atoms with Gasteiger partial charge in [-0.15, -0.1) is 0 Å². The van der Waals surface area contributed by atoms with Gasteiger partial charge in [0.15, 0.2) is 0 Å². The van der Waals surface area contributed by atoms with Crippen LogP contribution in [0.2, 0.25) is 0 Å². The van der Waals surface area contributed by atoms with Crippen LogP contribution >= 0.6 is 0 Å². The molecule has 240 valence electrons. The van der Waals surface area contributed by atoms with Gasteiger partial charge in [-0.05, 0) is 76.3 Å². The van der Waals surface area contributed by atoms with Gasteiger partial charge in [0, 0.05) is 33.1 Å². The van der Waals surface area contributed by atoms with Crippen LogP contribution in [0.15, 0.2) is 197 Å². The Morgan fingerprint density at radius 1 is 0.314 bits per heavy atom. The Bertz CT molecular complexity index is 2840. The predicted octanol–water partition coefficient (Wildman–Crippen LogP) is 14.0. The molecule has 3 nitrogen and oxygen atoms in total. The van der Waals surface area contributed by atoms with Gasteiger partial charge in [-0.2, -0.15) is 0 Å². The van der Waals surface area contributed by atoms with Gasteiger partial charge in [0.1, 0.15) is 22.3 Å². The number of anilines is 3. The lowest BCUT2D eigenvalue weighted by Crippen LogP contribution is -2.10. The molecule has 8 aromatic carbocycles. The number of furan rings is 2. The Hall–Kier alpha value is -6.84. The molecule has 2 heterocycles. The summed E-state index contributed by atoms with van der Waals surface area (Å²) in [7, 11) is 0. The molecule has 0 amide bonds. The summed E-state index contributed by atoms with van der Waals surface area (Å²) in [5, 5.41) is 4.44. The van der Waals surface area contributed by atoms with Gasteiger partial charge >= 0.3 is 0 Å². The molecule has 0 aliphatic heterocycles. The molecule has 10 rings (SSSR count). The molecule has 0 N–H and O–H groups in total. The molecule has 0 bridgehead atoms. The second-order valence-corrected chi connectivity index (χ2v) is 12.9. The fourth-order valence-electron chi connectivity index (χ4n) is 7.53. The van der Waals surface area contributed by atoms with E-state index in [1.807, 2.05) is 24.3 Å². The molecule has 0 radical (unpaired) electrons. The van der Waals surface area contributed by atoms with Crippen LogP contribution in [0.4, 0.5) is 17.1 Å². The Kier molecular flexibility index (Phi) is 6.81. The highest BCUT2D eigenvalue weighted by molar-refractivity contribution is 6.13. The summed E-state index contributed by atoms with van der Waals surface area (Å²) in [6.45, 7) is 0. The number of rotatable bonds is 6. The van der Waals surface area contributed by atoms with E-state index in [1.54, 1.807) is 0 Å². The first-order chi connectivity index (χ1) is 25.3. The van der Waals surface area contributed by atoms with Gasteiger partial charge in [-0.3, -0.25) is 0 Å². The Morgan fingerprint density at radius 3 is 1.51 bits per heavy atom. The first kappa shape index (κ1) is 29.1. The SMILES string of the molecule is c1ccc(-c2ccccc2-c2ccc(N(c3ccc(-c4cccc5c4oc4ccccc45)cc3)c3cccc4oc5ccccc5c34)cc2)cc1. The quantitative estimate of drug-likeness (QED) is 0.179. The molecule has 0 unspecified atom stereocenters. The molecule has 0 fully saturated rings. The zero-order valence-electron chi connectivity index (χ0n) is 27.7. The van der Waals surface area contributed by atoms with Crippen molar-refractivity contribution in [3.05, 3.63) is 188 Å². The summed E-state index contributed by atoms with van der Waals surface area (Å²) in [5.41, 5.74) is 13.7. The van der Waals surface area contributed by atoms with Crippen LogP contribution in [-0.4, -0.2) is 0 Å². The molecule has 0 saturated carbocycles. The fourth-order valence-corrected chi connectivity index (χ4v) is 7.53. The molecule has 51 heavy (non-hydrogen) atoms. The van der Waals surface area contributed by atoms with Crippen molar-refractivity contribution in [3.8, 4) is 33.4 Å². The average molecular weight is 654 g/mol. The third-order valence-corrected chi connectivity index (χ3v) is 9.91. The average Bonchev–Trinajstić information content (AvgIpc) is 3.78. The van der Waals surface area contributed by atoms with Crippen molar-refractivity contribution >= 4 is 60.9 Å². The zero-order chi connectivity index (χ0) is 33.7. The van der Waals surface area contributed by atoms with Crippen LogP contribution in [0.1, 0.15) is 0 Å². The van der Waals surface area contributed by atoms with Crippen LogP contribution < -0.4 is 4.90 Å². The van der Waals surface area contributed by atoms with Gasteiger partial charge in [-0.25, -0.2) is 0 Å². The molecule has 3 heteroatoms. The number of hydrogen-bond acceptors (Lipinski definition) is 3. The highest BCUT2D eigenvalue weighted by atomic mass is 16.3. The molecular formula is C48H31NO2. The van der Waals surface area contributed by atoms with Crippen LogP contribution in [0.5, 0.6) is 0 Å². The number of para-hydroxylation sites is 3. The highest BCUT2D eigenvalue weighted by Crippen LogP contribution is 2.44. The second kappa shape index (κ2) is 11.9. The van der Waals surface area contributed by atoms with Crippen LogP contribution in [0, 0.1) is 0 Å². The summed E-state index contributed by atoms with van der Waals surface area (Å²) in [6.07, 6.45) is 0. The first-order valence-electron chi connectivity index (χ1n) is 17.3. The first-order valence-corrected chi connectivity index (χ1v) is 17.3. The van der Waals surface area contributed by atoms with E-state index < -0.39 is 0 Å². The molecule has 0 aliphatic carbocycles. The van der Waals surface area contributed by atoms with E-state index in [9.17, 15) is 0 Å². The molecular weight excluding hydrogens is 623 g/mol. The lowest BCUT2D eigenvalue weighted by Gasteiger charge is -2.27. The molecule has 0 spiro atoms. The lowest BCUT2D eigenvalue weighted by atomic mass is 9.94. The normalized spacial score (nSPS) is 11.5. The lowest BCUT2D eigenvalue weighted by molar-refractivity contribution is 0.669. The molecule has 2 aromatic heterocycles. The maximum atomic E-state index is 6.40. The Balaban J connectivity index is 1.12. The number of hydrogen-bond donors (Lipinski definition) is 0. The van der Waals surface area contributed by atoms with Crippen LogP contribution in [0.25, 0.3) is 77.3 Å². The van der Waals surface area contributed by atoms with E-state index in [0.29, 0.717) is 0 Å². The molecule has 10 aromatic rings. The van der Waals surface area contributed by atoms with Gasteiger partial charge in [0.25, 0.3) is 0 Å². The van der Waals surface area contributed by atoms with E-state index in [4.69, 9.17) is 8.83 Å². The van der Waals surface area contributed by atoms with Crippen molar-refractivity contribution in [1.82, 2.24) is 0 Å². The maximum absolute atomic E-state index is 6.40. The third-order valence-electron chi connectivity index (χ3n) is 9.91. The summed E-state index contributed by atoms with van der Waals surface area (Å²) in [5.74, 6) is 0. The Labute approximate surface area is 295 Å². The van der Waals surface area contributed by atoms with E-state index in [2.05, 4.69) is 169 Å². The number of benzene rings is 8. The van der Waals surface area contributed by atoms with Crippen molar-refractivity contribution in [2.45, 2.75) is 0 Å². The maximum Gasteiger partial charge on any atom is 0.143 e. The van der Waals surface area contributed by atoms with Crippen molar-refractivity contribution in [2.24, 2.45) is 0 Å². The Morgan fingerprint density at radius 2 is 0.804 bits per heavy atom. The van der Waals surface area contributed by atoms with Crippen LogP contribution in [-0.2, 0) is 0 Å². The van der Waals surface area contributed by atoms with E-state index >= 15 is 0 Å². The summed E-state index contributed by atoms with van der Waals surface area (Å²) < 4.78 is 12.8. The van der Waals surface area contributed by atoms with Gasteiger partial charge in [0.05, 0.1) is 11.1 Å². The van der Waals surface area contributed by atoms with Crippen molar-refractivity contribution in [1.29, 1.82) is 0 Å². The minimum atomic E-state index is 0.861. The van der Waals surface area contributed by atoms with Gasteiger partial charge in [0.2, 0.25) is 0 Å². The van der Waals surface area contributed by atoms with E-state index in [1.165, 1.54) is 22.3 Å². The fraction of sp³-hybridized carbons (Fsp3) is 0. The van der Waals surface area contributed by atoms with Crippen LogP contribution in [0.3, 0.4) is 0 Å².